The minimum absolute atomic E-state index is 0.229. The van der Waals surface area contributed by atoms with Gasteiger partial charge in [-0.15, -0.1) is 13.2 Å². The fourth-order valence-electron chi connectivity index (χ4n) is 3.43. The lowest BCUT2D eigenvalue weighted by Gasteiger charge is -2.27. The molecule has 2 heterocycles. The first-order valence-corrected chi connectivity index (χ1v) is 8.82. The number of alkyl halides is 3. The maximum atomic E-state index is 12.5. The van der Waals surface area contributed by atoms with Crippen LogP contribution in [0, 0.1) is 5.92 Å². The molecular weight excluding hydrogens is 335 g/mol. The van der Waals surface area contributed by atoms with Crippen molar-refractivity contribution in [1.82, 2.24) is 5.32 Å². The fraction of sp³-hybridized carbons (Fsp3) is 0.667. The Kier molecular flexibility index (Phi) is 6.06. The van der Waals surface area contributed by atoms with Crippen molar-refractivity contribution in [3.8, 4) is 11.5 Å². The molecule has 0 bridgehead atoms. The highest BCUT2D eigenvalue weighted by atomic mass is 19.4. The van der Waals surface area contributed by atoms with Gasteiger partial charge < -0.3 is 19.5 Å². The Labute approximate surface area is 145 Å². The molecule has 2 aliphatic rings. The van der Waals surface area contributed by atoms with Crippen molar-refractivity contribution in [1.29, 1.82) is 0 Å². The Hall–Kier alpha value is -1.47. The molecular formula is C18H24F3NO3. The summed E-state index contributed by atoms with van der Waals surface area (Å²) >= 11 is 0. The summed E-state index contributed by atoms with van der Waals surface area (Å²) in [5.74, 6) is 0.958. The first kappa shape index (κ1) is 18.3. The zero-order valence-electron chi connectivity index (χ0n) is 14.1. The van der Waals surface area contributed by atoms with Crippen molar-refractivity contribution >= 4 is 0 Å². The molecule has 7 heteroatoms. The normalized spacial score (nSPS) is 20.4. The number of benzene rings is 1. The molecule has 4 nitrogen and oxygen atoms in total. The third kappa shape index (κ3) is 5.51. The van der Waals surface area contributed by atoms with Gasteiger partial charge in [-0.3, -0.25) is 0 Å². The molecule has 140 valence electrons. The summed E-state index contributed by atoms with van der Waals surface area (Å²) < 4.78 is 52.9. The topological polar surface area (TPSA) is 39.7 Å². The Morgan fingerprint density at radius 2 is 1.80 bits per heavy atom. The second-order valence-electron chi connectivity index (χ2n) is 6.64. The van der Waals surface area contributed by atoms with Crippen LogP contribution < -0.4 is 14.8 Å². The van der Waals surface area contributed by atoms with Gasteiger partial charge in [0.1, 0.15) is 11.5 Å². The molecule has 1 aromatic rings. The van der Waals surface area contributed by atoms with E-state index in [-0.39, 0.29) is 5.75 Å². The molecule has 1 aromatic carbocycles. The number of hydrogen-bond donors (Lipinski definition) is 1. The van der Waals surface area contributed by atoms with E-state index >= 15 is 0 Å². The van der Waals surface area contributed by atoms with E-state index in [1.807, 2.05) is 0 Å². The highest BCUT2D eigenvalue weighted by Crippen LogP contribution is 2.37. The van der Waals surface area contributed by atoms with Crippen molar-refractivity contribution < 1.29 is 27.4 Å². The summed E-state index contributed by atoms with van der Waals surface area (Å²) in [6, 6.07) is 4.48. The second kappa shape index (κ2) is 8.27. The van der Waals surface area contributed by atoms with Crippen LogP contribution >= 0.6 is 0 Å². The lowest BCUT2D eigenvalue weighted by molar-refractivity contribution is -0.274. The molecule has 0 saturated carbocycles. The quantitative estimate of drug-likeness (QED) is 0.867. The lowest BCUT2D eigenvalue weighted by atomic mass is 9.89. The van der Waals surface area contributed by atoms with Gasteiger partial charge >= 0.3 is 6.36 Å². The first-order chi connectivity index (χ1) is 12.0. The highest BCUT2D eigenvalue weighted by molar-refractivity contribution is 5.43. The van der Waals surface area contributed by atoms with Crippen LogP contribution in [0.25, 0.3) is 0 Å². The summed E-state index contributed by atoms with van der Waals surface area (Å²) in [6.45, 7) is 3.74. The maximum absolute atomic E-state index is 12.5. The number of piperidine rings is 1. The van der Waals surface area contributed by atoms with Gasteiger partial charge in [0, 0.05) is 19.3 Å². The molecule has 2 fully saturated rings. The van der Waals surface area contributed by atoms with Gasteiger partial charge in [-0.1, -0.05) is 6.07 Å². The van der Waals surface area contributed by atoms with Crippen LogP contribution in [0.3, 0.4) is 0 Å². The monoisotopic (exact) mass is 359 g/mol. The van der Waals surface area contributed by atoms with Gasteiger partial charge in [-0.2, -0.15) is 0 Å². The van der Waals surface area contributed by atoms with E-state index in [9.17, 15) is 13.2 Å². The summed E-state index contributed by atoms with van der Waals surface area (Å²) in [4.78, 5) is 0. The van der Waals surface area contributed by atoms with E-state index in [0.29, 0.717) is 37.4 Å². The third-order valence-electron chi connectivity index (χ3n) is 4.81. The molecule has 0 atom stereocenters. The van der Waals surface area contributed by atoms with E-state index in [4.69, 9.17) is 9.47 Å². The van der Waals surface area contributed by atoms with Crippen molar-refractivity contribution in [2.45, 2.75) is 38.0 Å². The lowest BCUT2D eigenvalue weighted by Crippen LogP contribution is -2.27. The summed E-state index contributed by atoms with van der Waals surface area (Å²) in [5.41, 5.74) is 0.975. The molecule has 25 heavy (non-hydrogen) atoms. The predicted octanol–water partition coefficient (Wildman–Crippen LogP) is 3.86. The zero-order valence-corrected chi connectivity index (χ0v) is 14.1. The summed E-state index contributed by atoms with van der Waals surface area (Å²) in [6.07, 6.45) is -0.961. The fourth-order valence-corrected chi connectivity index (χ4v) is 3.43. The maximum Gasteiger partial charge on any atom is 0.573 e. The van der Waals surface area contributed by atoms with Crippen LogP contribution in [-0.4, -0.2) is 39.3 Å². The third-order valence-corrected chi connectivity index (χ3v) is 4.81. The van der Waals surface area contributed by atoms with E-state index in [0.717, 1.165) is 44.3 Å². The predicted molar refractivity (Wildman–Crippen MR) is 87.0 cm³/mol. The Balaban J connectivity index is 1.75. The molecule has 1 N–H and O–H groups in total. The highest BCUT2D eigenvalue weighted by Gasteiger charge is 2.32. The van der Waals surface area contributed by atoms with E-state index in [1.54, 1.807) is 6.07 Å². The van der Waals surface area contributed by atoms with E-state index in [2.05, 4.69) is 10.1 Å². The SMILES string of the molecule is FC(F)(F)Oc1ccc(C2CCNCC2)c(OCC2CCOCC2)c1. The molecule has 2 aliphatic heterocycles. The molecule has 0 unspecified atom stereocenters. The molecule has 0 amide bonds. The van der Waals surface area contributed by atoms with Gasteiger partial charge in [-0.05, 0) is 62.2 Å². The average Bonchev–Trinajstić information content (AvgIpc) is 2.60. The molecule has 0 radical (unpaired) electrons. The van der Waals surface area contributed by atoms with Gasteiger partial charge in [0.2, 0.25) is 0 Å². The van der Waals surface area contributed by atoms with Crippen LogP contribution in [-0.2, 0) is 4.74 Å². The first-order valence-electron chi connectivity index (χ1n) is 8.82. The van der Waals surface area contributed by atoms with Crippen LogP contribution in [0.15, 0.2) is 18.2 Å². The van der Waals surface area contributed by atoms with Crippen LogP contribution in [0.5, 0.6) is 11.5 Å². The molecule has 0 aliphatic carbocycles. The van der Waals surface area contributed by atoms with Gasteiger partial charge in [-0.25, -0.2) is 0 Å². The molecule has 3 rings (SSSR count). The largest absolute Gasteiger partial charge is 0.573 e. The van der Waals surface area contributed by atoms with Crippen molar-refractivity contribution in [2.24, 2.45) is 5.92 Å². The Morgan fingerprint density at radius 3 is 2.48 bits per heavy atom. The van der Waals surface area contributed by atoms with Crippen LogP contribution in [0.4, 0.5) is 13.2 Å². The van der Waals surface area contributed by atoms with Crippen LogP contribution in [0.2, 0.25) is 0 Å². The smallest absolute Gasteiger partial charge is 0.493 e. The van der Waals surface area contributed by atoms with E-state index in [1.165, 1.54) is 12.1 Å². The van der Waals surface area contributed by atoms with Crippen molar-refractivity contribution in [2.75, 3.05) is 32.9 Å². The summed E-state index contributed by atoms with van der Waals surface area (Å²) in [5, 5.41) is 3.30. The van der Waals surface area contributed by atoms with E-state index < -0.39 is 6.36 Å². The van der Waals surface area contributed by atoms with Crippen LogP contribution in [0.1, 0.15) is 37.2 Å². The molecule has 0 aromatic heterocycles. The minimum Gasteiger partial charge on any atom is -0.493 e. The number of halogens is 3. The summed E-state index contributed by atoms with van der Waals surface area (Å²) in [7, 11) is 0. The van der Waals surface area contributed by atoms with Crippen molar-refractivity contribution in [3.63, 3.8) is 0 Å². The number of rotatable bonds is 5. The molecule has 2 saturated heterocycles. The number of hydrogen-bond acceptors (Lipinski definition) is 4. The zero-order chi connectivity index (χ0) is 17.7. The van der Waals surface area contributed by atoms with Gasteiger partial charge in [0.15, 0.2) is 0 Å². The van der Waals surface area contributed by atoms with Gasteiger partial charge in [0.05, 0.1) is 6.61 Å². The number of nitrogens with one attached hydrogen (secondary N) is 1. The second-order valence-corrected chi connectivity index (χ2v) is 6.64. The number of ether oxygens (including phenoxy) is 3. The molecule has 0 spiro atoms. The standard InChI is InChI=1S/C18H24F3NO3/c19-18(20,21)25-15-1-2-16(14-3-7-22-8-4-14)17(11-15)24-12-13-5-9-23-10-6-13/h1-2,11,13-14,22H,3-10,12H2. The Morgan fingerprint density at radius 1 is 1.08 bits per heavy atom. The minimum atomic E-state index is -4.70. The Bertz CT molecular complexity index is 553. The average molecular weight is 359 g/mol. The van der Waals surface area contributed by atoms with Crippen molar-refractivity contribution in [3.05, 3.63) is 23.8 Å². The van der Waals surface area contributed by atoms with Gasteiger partial charge in [0.25, 0.3) is 0 Å².